The van der Waals surface area contributed by atoms with Crippen LogP contribution in [0.4, 0.5) is 17.3 Å². The number of aromatic nitrogens is 4. The summed E-state index contributed by atoms with van der Waals surface area (Å²) >= 11 is 0. The van der Waals surface area contributed by atoms with Gasteiger partial charge in [0.2, 0.25) is 0 Å². The molecule has 36 heavy (non-hydrogen) atoms. The number of aryl methyl sites for hydroxylation is 1. The number of anilines is 3. The van der Waals surface area contributed by atoms with Gasteiger partial charge >= 0.3 is 0 Å². The molecule has 5 rings (SSSR count). The number of primary amides is 1. The lowest BCUT2D eigenvalue weighted by Crippen LogP contribution is -2.48. The Labute approximate surface area is 209 Å². The molecule has 2 amide bonds. The third kappa shape index (κ3) is 5.09. The molecule has 3 aromatic rings. The molecule has 0 radical (unpaired) electrons. The fourth-order valence-electron chi connectivity index (χ4n) is 4.58. The molecule has 1 atom stereocenters. The molecule has 0 unspecified atom stereocenters. The molecule has 0 bridgehead atoms. The lowest BCUT2D eigenvalue weighted by Gasteiger charge is -2.34. The predicted molar refractivity (Wildman–Crippen MR) is 135 cm³/mol. The van der Waals surface area contributed by atoms with Crippen molar-refractivity contribution in [3.8, 4) is 5.75 Å². The molecule has 1 saturated carbocycles. The second-order valence-corrected chi connectivity index (χ2v) is 9.31. The number of carbonyl (C=O) groups is 2. The molecule has 2 aromatic heterocycles. The number of hydrogen-bond donors (Lipinski definition) is 3. The summed E-state index contributed by atoms with van der Waals surface area (Å²) in [7, 11) is 3.44. The first-order valence-corrected chi connectivity index (χ1v) is 12.1. The summed E-state index contributed by atoms with van der Waals surface area (Å²) in [5.74, 6) is 1.38. The lowest BCUT2D eigenvalue weighted by atomic mass is 10.0. The highest BCUT2D eigenvalue weighted by Gasteiger charge is 2.28. The Bertz CT molecular complexity index is 1290. The van der Waals surface area contributed by atoms with E-state index in [2.05, 4.69) is 30.6 Å². The number of carbonyl (C=O) groups excluding carboxylic acids is 2. The first kappa shape index (κ1) is 23.6. The number of piperidine rings is 1. The van der Waals surface area contributed by atoms with E-state index in [0.717, 1.165) is 25.1 Å². The number of methoxy groups -OCH3 is 1. The van der Waals surface area contributed by atoms with E-state index < -0.39 is 5.91 Å². The summed E-state index contributed by atoms with van der Waals surface area (Å²) in [5.41, 5.74) is 7.98. The zero-order chi connectivity index (χ0) is 25.2. The molecular formula is C25H30N8O3. The minimum absolute atomic E-state index is 0.0491. The van der Waals surface area contributed by atoms with Crippen LogP contribution in [0.25, 0.3) is 0 Å². The van der Waals surface area contributed by atoms with Gasteiger partial charge in [-0.2, -0.15) is 5.10 Å². The number of nitrogens with one attached hydrogen (secondary N) is 2. The van der Waals surface area contributed by atoms with Gasteiger partial charge in [-0.25, -0.2) is 9.97 Å². The lowest BCUT2D eigenvalue weighted by molar-refractivity contribution is 0.0931. The van der Waals surface area contributed by atoms with Crippen LogP contribution >= 0.6 is 0 Å². The molecule has 3 heterocycles. The highest BCUT2D eigenvalue weighted by molar-refractivity contribution is 5.96. The average molecular weight is 491 g/mol. The molecule has 0 spiro atoms. The van der Waals surface area contributed by atoms with Crippen molar-refractivity contribution < 1.29 is 14.3 Å². The van der Waals surface area contributed by atoms with Gasteiger partial charge in [-0.05, 0) is 49.3 Å². The van der Waals surface area contributed by atoms with E-state index in [4.69, 9.17) is 10.5 Å². The molecule has 11 heteroatoms. The van der Waals surface area contributed by atoms with Gasteiger partial charge in [0.25, 0.3) is 11.8 Å². The van der Waals surface area contributed by atoms with Crippen LogP contribution in [0.1, 0.15) is 58.0 Å². The smallest absolute Gasteiger partial charge is 0.271 e. The molecule has 1 aliphatic carbocycles. The molecule has 4 N–H and O–H groups in total. The molecule has 2 aliphatic rings. The SMILES string of the molecule is COc1cc(C(=O)N[C@@H]2CCCN(c3cnc(C(N)=O)c(Nc4cnn(C)c4)n3)C2)ccc1C1CC1. The minimum atomic E-state index is -0.674. The topological polar surface area (TPSA) is 140 Å². The van der Waals surface area contributed by atoms with Gasteiger partial charge in [0, 0.05) is 37.9 Å². The Kier molecular flexibility index (Phi) is 6.45. The largest absolute Gasteiger partial charge is 0.496 e. The molecular weight excluding hydrogens is 460 g/mol. The zero-order valence-corrected chi connectivity index (χ0v) is 20.4. The van der Waals surface area contributed by atoms with Crippen molar-refractivity contribution in [1.29, 1.82) is 0 Å². The second kappa shape index (κ2) is 9.84. The number of hydrogen-bond acceptors (Lipinski definition) is 8. The Balaban J connectivity index is 1.29. The predicted octanol–water partition coefficient (Wildman–Crippen LogP) is 2.34. The maximum atomic E-state index is 13.0. The first-order valence-electron chi connectivity index (χ1n) is 12.1. The summed E-state index contributed by atoms with van der Waals surface area (Å²) in [5, 5.41) is 10.4. The van der Waals surface area contributed by atoms with E-state index in [9.17, 15) is 9.59 Å². The van der Waals surface area contributed by atoms with Crippen LogP contribution in [0.2, 0.25) is 0 Å². The van der Waals surface area contributed by atoms with Crippen molar-refractivity contribution in [3.63, 3.8) is 0 Å². The van der Waals surface area contributed by atoms with Gasteiger partial charge in [-0.15, -0.1) is 0 Å². The van der Waals surface area contributed by atoms with E-state index in [0.29, 0.717) is 29.5 Å². The maximum Gasteiger partial charge on any atom is 0.271 e. The van der Waals surface area contributed by atoms with Crippen LogP contribution in [0.15, 0.2) is 36.8 Å². The van der Waals surface area contributed by atoms with Gasteiger partial charge in [-0.1, -0.05) is 6.07 Å². The van der Waals surface area contributed by atoms with E-state index in [1.165, 1.54) is 18.4 Å². The summed E-state index contributed by atoms with van der Waals surface area (Å²) in [6, 6.07) is 5.64. The fourth-order valence-corrected chi connectivity index (χ4v) is 4.58. The summed E-state index contributed by atoms with van der Waals surface area (Å²) in [6.07, 6.45) is 8.99. The van der Waals surface area contributed by atoms with Crippen LogP contribution < -0.4 is 26.0 Å². The van der Waals surface area contributed by atoms with Crippen LogP contribution in [-0.4, -0.2) is 57.8 Å². The highest BCUT2D eigenvalue weighted by Crippen LogP contribution is 2.44. The van der Waals surface area contributed by atoms with E-state index in [1.807, 2.05) is 18.2 Å². The fraction of sp³-hybridized carbons (Fsp3) is 0.400. The normalized spacial score (nSPS) is 17.5. The number of amides is 2. The van der Waals surface area contributed by atoms with Crippen LogP contribution in [-0.2, 0) is 7.05 Å². The second-order valence-electron chi connectivity index (χ2n) is 9.31. The first-order chi connectivity index (χ1) is 17.4. The standard InChI is InChI=1S/C25H30N8O3/c1-32-13-18(11-28-32)29-24-22(23(26)34)27-12-21(31-24)33-9-3-4-17(14-33)30-25(35)16-7-8-19(15-5-6-15)20(10-16)36-2/h7-8,10-13,15,17H,3-6,9,14H2,1-2H3,(H2,26,34)(H,29,31)(H,30,35)/t17-/m1/s1. The zero-order valence-electron chi connectivity index (χ0n) is 20.4. The molecule has 1 aromatic carbocycles. The van der Waals surface area contributed by atoms with Gasteiger partial charge in [0.15, 0.2) is 11.5 Å². The van der Waals surface area contributed by atoms with Crippen LogP contribution in [0, 0.1) is 0 Å². The highest BCUT2D eigenvalue weighted by atomic mass is 16.5. The summed E-state index contributed by atoms with van der Waals surface area (Å²) in [4.78, 5) is 35.9. The maximum absolute atomic E-state index is 13.0. The molecule has 1 saturated heterocycles. The van der Waals surface area contributed by atoms with Gasteiger partial charge in [-0.3, -0.25) is 14.3 Å². The third-order valence-electron chi connectivity index (χ3n) is 6.55. The third-order valence-corrected chi connectivity index (χ3v) is 6.55. The molecule has 188 valence electrons. The van der Waals surface area contributed by atoms with Crippen molar-refractivity contribution >= 4 is 29.1 Å². The molecule has 1 aliphatic heterocycles. The number of nitrogens with two attached hydrogens (primary N) is 1. The van der Waals surface area contributed by atoms with Crippen LogP contribution in [0.3, 0.4) is 0 Å². The number of ether oxygens (including phenoxy) is 1. The van der Waals surface area contributed by atoms with Crippen molar-refractivity contribution in [1.82, 2.24) is 25.1 Å². The molecule has 2 fully saturated rings. The van der Waals surface area contributed by atoms with Crippen LogP contribution in [0.5, 0.6) is 5.75 Å². The van der Waals surface area contributed by atoms with E-state index in [1.54, 1.807) is 37.4 Å². The Morgan fingerprint density at radius 3 is 2.72 bits per heavy atom. The number of rotatable bonds is 8. The average Bonchev–Trinajstić information content (AvgIpc) is 3.65. The number of nitrogens with zero attached hydrogens (tertiary/aromatic N) is 5. The number of benzene rings is 1. The minimum Gasteiger partial charge on any atom is -0.496 e. The van der Waals surface area contributed by atoms with E-state index in [-0.39, 0.29) is 23.5 Å². The Hall–Kier alpha value is -4.15. The van der Waals surface area contributed by atoms with Gasteiger partial charge in [0.05, 0.1) is 25.2 Å². The Morgan fingerprint density at radius 1 is 1.19 bits per heavy atom. The molecule has 11 nitrogen and oxygen atoms in total. The Morgan fingerprint density at radius 2 is 2.03 bits per heavy atom. The van der Waals surface area contributed by atoms with Crippen molar-refractivity contribution in [3.05, 3.63) is 53.6 Å². The van der Waals surface area contributed by atoms with Gasteiger partial charge < -0.3 is 26.0 Å². The van der Waals surface area contributed by atoms with Crippen molar-refractivity contribution in [2.45, 2.75) is 37.6 Å². The quantitative estimate of drug-likeness (QED) is 0.437. The van der Waals surface area contributed by atoms with Gasteiger partial charge in [0.1, 0.15) is 11.6 Å². The van der Waals surface area contributed by atoms with Crippen molar-refractivity contribution in [2.24, 2.45) is 12.8 Å². The summed E-state index contributed by atoms with van der Waals surface area (Å²) in [6.45, 7) is 1.33. The van der Waals surface area contributed by atoms with Crippen molar-refractivity contribution in [2.75, 3.05) is 30.4 Å². The van der Waals surface area contributed by atoms with E-state index >= 15 is 0 Å². The summed E-state index contributed by atoms with van der Waals surface area (Å²) < 4.78 is 7.17. The monoisotopic (exact) mass is 490 g/mol.